The highest BCUT2D eigenvalue weighted by Crippen LogP contribution is 2.10. The molecule has 2 aromatic carbocycles. The zero-order chi connectivity index (χ0) is 15.2. The summed E-state index contributed by atoms with van der Waals surface area (Å²) in [6.45, 7) is 1.95. The number of carbonyl (C=O) groups excluding carboxylic acids is 2. The second-order valence-electron chi connectivity index (χ2n) is 4.67. The minimum absolute atomic E-state index is 0.210. The molecule has 21 heavy (non-hydrogen) atoms. The smallest absolute Gasteiger partial charge is 0.269 e. The first-order valence-corrected chi connectivity index (χ1v) is 7.24. The summed E-state index contributed by atoms with van der Waals surface area (Å²) in [6, 6.07) is 14.6. The number of hydrogen-bond acceptors (Lipinski definition) is 2. The summed E-state index contributed by atoms with van der Waals surface area (Å²) < 4.78 is 0.958. The van der Waals surface area contributed by atoms with Gasteiger partial charge in [0.2, 0.25) is 5.91 Å². The number of amides is 2. The van der Waals surface area contributed by atoms with Crippen LogP contribution in [0, 0.1) is 6.92 Å². The molecule has 0 heterocycles. The zero-order valence-electron chi connectivity index (χ0n) is 11.5. The number of rotatable bonds is 3. The van der Waals surface area contributed by atoms with Crippen LogP contribution in [0.1, 0.15) is 21.5 Å². The maximum absolute atomic E-state index is 11.8. The predicted octanol–water partition coefficient (Wildman–Crippen LogP) is 2.76. The van der Waals surface area contributed by atoms with Crippen molar-refractivity contribution < 1.29 is 9.59 Å². The Morgan fingerprint density at radius 1 is 0.952 bits per heavy atom. The van der Waals surface area contributed by atoms with Gasteiger partial charge in [0, 0.05) is 10.0 Å². The van der Waals surface area contributed by atoms with Crippen LogP contribution in [0.15, 0.2) is 53.0 Å². The van der Waals surface area contributed by atoms with Gasteiger partial charge in [-0.2, -0.15) is 0 Å². The van der Waals surface area contributed by atoms with Crippen LogP contribution >= 0.6 is 15.9 Å². The molecule has 0 aliphatic heterocycles. The van der Waals surface area contributed by atoms with Crippen LogP contribution in [0.25, 0.3) is 0 Å². The molecule has 0 aliphatic carbocycles. The Balaban J connectivity index is 1.84. The maximum Gasteiger partial charge on any atom is 0.269 e. The lowest BCUT2D eigenvalue weighted by molar-refractivity contribution is -0.121. The normalized spacial score (nSPS) is 10.0. The predicted molar refractivity (Wildman–Crippen MR) is 84.6 cm³/mol. The lowest BCUT2D eigenvalue weighted by atomic mass is 10.1. The summed E-state index contributed by atoms with van der Waals surface area (Å²) in [4.78, 5) is 23.6. The number of nitrogens with one attached hydrogen (secondary N) is 2. The first-order chi connectivity index (χ1) is 10.0. The van der Waals surface area contributed by atoms with E-state index in [2.05, 4.69) is 26.8 Å². The van der Waals surface area contributed by atoms with Crippen molar-refractivity contribution in [1.82, 2.24) is 10.9 Å². The van der Waals surface area contributed by atoms with E-state index >= 15 is 0 Å². The van der Waals surface area contributed by atoms with Crippen LogP contribution < -0.4 is 10.9 Å². The third kappa shape index (κ3) is 4.72. The van der Waals surface area contributed by atoms with E-state index in [9.17, 15) is 9.59 Å². The first kappa shape index (κ1) is 15.3. The summed E-state index contributed by atoms with van der Waals surface area (Å²) in [5.74, 6) is -0.600. The van der Waals surface area contributed by atoms with E-state index < -0.39 is 0 Å². The van der Waals surface area contributed by atoms with E-state index in [4.69, 9.17) is 0 Å². The van der Waals surface area contributed by atoms with Crippen molar-refractivity contribution in [3.05, 3.63) is 69.7 Å². The van der Waals surface area contributed by atoms with E-state index in [1.54, 1.807) is 12.1 Å². The molecule has 2 amide bonds. The van der Waals surface area contributed by atoms with E-state index in [1.807, 2.05) is 43.3 Å². The standard InChI is InChI=1S/C16H15BrN2O2/c1-11-2-6-13(7-3-11)16(21)19-18-15(20)10-12-4-8-14(17)9-5-12/h2-9H,10H2,1H3,(H,18,20)(H,19,21). The SMILES string of the molecule is Cc1ccc(C(=O)NNC(=O)Cc2ccc(Br)cc2)cc1. The molecule has 2 aromatic rings. The van der Waals surface area contributed by atoms with Crippen LogP contribution in [0.5, 0.6) is 0 Å². The Labute approximate surface area is 131 Å². The summed E-state index contributed by atoms with van der Waals surface area (Å²) in [5, 5.41) is 0. The molecule has 0 unspecified atom stereocenters. The van der Waals surface area contributed by atoms with Crippen molar-refractivity contribution in [2.24, 2.45) is 0 Å². The number of halogens is 1. The Bertz CT molecular complexity index is 636. The second-order valence-corrected chi connectivity index (χ2v) is 5.59. The van der Waals surface area contributed by atoms with E-state index in [0.29, 0.717) is 5.56 Å². The van der Waals surface area contributed by atoms with Gasteiger partial charge in [0.1, 0.15) is 0 Å². The Hall–Kier alpha value is -2.14. The molecule has 0 radical (unpaired) electrons. The molecule has 2 rings (SSSR count). The fourth-order valence-corrected chi connectivity index (χ4v) is 2.00. The number of aryl methyl sites for hydroxylation is 1. The van der Waals surface area contributed by atoms with Gasteiger partial charge in [0.05, 0.1) is 6.42 Å². The molecule has 0 atom stereocenters. The number of benzene rings is 2. The maximum atomic E-state index is 11.8. The molecule has 2 N–H and O–H groups in total. The molecule has 0 aliphatic rings. The van der Waals surface area contributed by atoms with Gasteiger partial charge in [-0.25, -0.2) is 0 Å². The largest absolute Gasteiger partial charge is 0.273 e. The van der Waals surface area contributed by atoms with Crippen molar-refractivity contribution in [3.8, 4) is 0 Å². The molecule has 0 saturated heterocycles. The van der Waals surface area contributed by atoms with Gasteiger partial charge in [-0.15, -0.1) is 0 Å². The lowest BCUT2D eigenvalue weighted by Crippen LogP contribution is -2.42. The van der Waals surface area contributed by atoms with Crippen LogP contribution in [0.4, 0.5) is 0 Å². The van der Waals surface area contributed by atoms with Gasteiger partial charge in [0.25, 0.3) is 5.91 Å². The average molecular weight is 347 g/mol. The van der Waals surface area contributed by atoms with Crippen LogP contribution in [-0.2, 0) is 11.2 Å². The molecule has 0 bridgehead atoms. The fraction of sp³-hybridized carbons (Fsp3) is 0.125. The highest BCUT2D eigenvalue weighted by atomic mass is 79.9. The fourth-order valence-electron chi connectivity index (χ4n) is 1.74. The number of hydrazine groups is 1. The van der Waals surface area contributed by atoms with Gasteiger partial charge in [-0.3, -0.25) is 20.4 Å². The second kappa shape index (κ2) is 7.04. The van der Waals surface area contributed by atoms with E-state index in [0.717, 1.165) is 15.6 Å². The van der Waals surface area contributed by atoms with Crippen LogP contribution in [0.2, 0.25) is 0 Å². The average Bonchev–Trinajstić information content (AvgIpc) is 2.48. The number of hydrogen-bond donors (Lipinski definition) is 2. The van der Waals surface area contributed by atoms with Crippen molar-refractivity contribution >= 4 is 27.7 Å². The zero-order valence-corrected chi connectivity index (χ0v) is 13.1. The Kier molecular flexibility index (Phi) is 5.11. The molecule has 0 spiro atoms. The highest BCUT2D eigenvalue weighted by molar-refractivity contribution is 9.10. The van der Waals surface area contributed by atoms with Gasteiger partial charge in [0.15, 0.2) is 0 Å². The van der Waals surface area contributed by atoms with E-state index in [1.165, 1.54) is 0 Å². The quantitative estimate of drug-likeness (QED) is 0.839. The van der Waals surface area contributed by atoms with Crippen LogP contribution in [-0.4, -0.2) is 11.8 Å². The topological polar surface area (TPSA) is 58.2 Å². The van der Waals surface area contributed by atoms with Crippen molar-refractivity contribution in [2.45, 2.75) is 13.3 Å². The summed E-state index contributed by atoms with van der Waals surface area (Å²) in [5.41, 5.74) is 7.26. The molecule has 0 fully saturated rings. The van der Waals surface area contributed by atoms with Crippen molar-refractivity contribution in [3.63, 3.8) is 0 Å². The summed E-state index contributed by atoms with van der Waals surface area (Å²) >= 11 is 3.33. The minimum atomic E-state index is -0.334. The lowest BCUT2D eigenvalue weighted by Gasteiger charge is -2.07. The summed E-state index contributed by atoms with van der Waals surface area (Å²) in [7, 11) is 0. The van der Waals surface area contributed by atoms with Gasteiger partial charge < -0.3 is 0 Å². The molecule has 5 heteroatoms. The third-order valence-electron chi connectivity index (χ3n) is 2.91. The third-order valence-corrected chi connectivity index (χ3v) is 3.44. The molecular weight excluding hydrogens is 332 g/mol. The first-order valence-electron chi connectivity index (χ1n) is 6.45. The van der Waals surface area contributed by atoms with Gasteiger partial charge in [-0.05, 0) is 36.8 Å². The molecule has 4 nitrogen and oxygen atoms in total. The van der Waals surface area contributed by atoms with E-state index in [-0.39, 0.29) is 18.2 Å². The van der Waals surface area contributed by atoms with Crippen LogP contribution in [0.3, 0.4) is 0 Å². The number of carbonyl (C=O) groups is 2. The highest BCUT2D eigenvalue weighted by Gasteiger charge is 2.07. The monoisotopic (exact) mass is 346 g/mol. The summed E-state index contributed by atoms with van der Waals surface area (Å²) in [6.07, 6.45) is 0.210. The minimum Gasteiger partial charge on any atom is -0.273 e. The molecule has 0 saturated carbocycles. The van der Waals surface area contributed by atoms with Crippen molar-refractivity contribution in [2.75, 3.05) is 0 Å². The Morgan fingerprint density at radius 3 is 2.19 bits per heavy atom. The molecular formula is C16H15BrN2O2. The van der Waals surface area contributed by atoms with Gasteiger partial charge in [-0.1, -0.05) is 45.8 Å². The molecule has 0 aromatic heterocycles. The van der Waals surface area contributed by atoms with Crippen molar-refractivity contribution in [1.29, 1.82) is 0 Å². The Morgan fingerprint density at radius 2 is 1.57 bits per heavy atom. The van der Waals surface area contributed by atoms with Gasteiger partial charge >= 0.3 is 0 Å². The molecule has 108 valence electrons.